The van der Waals surface area contributed by atoms with Gasteiger partial charge >= 0.3 is 24.0 Å². The highest BCUT2D eigenvalue weighted by Crippen LogP contribution is 2.39. The van der Waals surface area contributed by atoms with Gasteiger partial charge in [0.15, 0.2) is 32.6 Å². The van der Waals surface area contributed by atoms with E-state index < -0.39 is 38.8 Å². The van der Waals surface area contributed by atoms with Crippen LogP contribution in [-0.2, 0) is 19.3 Å². The van der Waals surface area contributed by atoms with Gasteiger partial charge in [0.1, 0.15) is 17.8 Å². The lowest BCUT2D eigenvalue weighted by molar-refractivity contribution is -0.385. The van der Waals surface area contributed by atoms with Gasteiger partial charge in [0.2, 0.25) is 5.69 Å². The van der Waals surface area contributed by atoms with Gasteiger partial charge in [-0.1, -0.05) is 134 Å². The number of rotatable bonds is 31. The first-order valence-corrected chi connectivity index (χ1v) is 31.2. The van der Waals surface area contributed by atoms with Gasteiger partial charge in [-0.2, -0.15) is 0 Å². The smallest absolute Gasteiger partial charge is 0.338 e. The van der Waals surface area contributed by atoms with Crippen LogP contribution in [0.15, 0.2) is 83.9 Å². The van der Waals surface area contributed by atoms with Crippen LogP contribution in [0.5, 0.6) is 5.75 Å². The van der Waals surface area contributed by atoms with Gasteiger partial charge in [-0.05, 0) is 94.0 Å². The molecule has 476 valence electrons. The van der Waals surface area contributed by atoms with Crippen molar-refractivity contribution in [3.05, 3.63) is 174 Å². The summed E-state index contributed by atoms with van der Waals surface area (Å²) in [4.78, 5) is 80.4. The van der Waals surface area contributed by atoms with Crippen molar-refractivity contribution >= 4 is 85.2 Å². The monoisotopic (exact) mass is 1250 g/mol. The van der Waals surface area contributed by atoms with Crippen molar-refractivity contribution in [2.75, 3.05) is 48.3 Å². The number of urea groups is 2. The number of pyridine rings is 1. The van der Waals surface area contributed by atoms with E-state index in [1.165, 1.54) is 55.3 Å². The number of nitrogens with zero attached hydrogens (tertiary/aromatic N) is 7. The van der Waals surface area contributed by atoms with Crippen molar-refractivity contribution in [3.8, 4) is 5.75 Å². The molecule has 25 heteroatoms. The van der Waals surface area contributed by atoms with Gasteiger partial charge in [0.05, 0.1) is 85.1 Å². The molecule has 1 unspecified atom stereocenters. The number of aromatic nitrogens is 1. The van der Waals surface area contributed by atoms with E-state index in [2.05, 4.69) is 75.4 Å². The number of hydrazine groups is 2. The Hall–Kier alpha value is -10.3. The van der Waals surface area contributed by atoms with Gasteiger partial charge < -0.3 is 24.8 Å². The first-order valence-electron chi connectivity index (χ1n) is 29.5. The standard InChI is InChI=1S/C30H43N5O7.C25H31N5O4S.C10H5N3/c1-3-5-7-9-11-13-17-41-28(36)23-19-24(29(37)42-18-14-12-10-8-6-4-2)21-25(20-23)32-30(38)34-33-27-16-15-26(22-31-27)35(39)40;1-7-17(2)16-35(32,33)24-15-21(27-6)20(26-5)14-22(24)29-30-25(31)28-11-8-12-34-23-10-9-18(3)13-19(23)4;1-7-5-8(11-2)10(13-4)9(6-7)12-3/h15-16,19-22H,3-14,17-18H2,1-2H3,(H,31,33)(H2,32,34,38);9-10,13-15,17,29H,7-8,11-12,16H2,1-4H3,(H2,28,30,31);5-6H,1H3. The zero-order chi connectivity index (χ0) is 66.4. The highest BCUT2D eigenvalue weighted by molar-refractivity contribution is 7.91. The summed E-state index contributed by atoms with van der Waals surface area (Å²) < 4.78 is 42.5. The average molecular weight is 1250 g/mol. The molecule has 1 aromatic heterocycles. The lowest BCUT2D eigenvalue weighted by atomic mass is 10.1. The lowest BCUT2D eigenvalue weighted by Crippen LogP contribution is -2.40. The van der Waals surface area contributed by atoms with E-state index in [4.69, 9.17) is 47.1 Å². The highest BCUT2D eigenvalue weighted by Gasteiger charge is 2.24. The number of unbranched alkanes of at least 4 members (excludes halogenated alkanes) is 10. The zero-order valence-corrected chi connectivity index (χ0v) is 52.9. The molecule has 4 aromatic carbocycles. The summed E-state index contributed by atoms with van der Waals surface area (Å²) in [6.45, 7) is 50.1. The number of ether oxygens (including phenoxy) is 3. The Kier molecular flexibility index (Phi) is 33.1. The van der Waals surface area contributed by atoms with Crippen molar-refractivity contribution in [1.82, 2.24) is 21.2 Å². The number of anilines is 3. The minimum Gasteiger partial charge on any atom is -0.493 e. The highest BCUT2D eigenvalue weighted by atomic mass is 32.2. The maximum atomic E-state index is 13.0. The van der Waals surface area contributed by atoms with Gasteiger partial charge in [-0.15, -0.1) is 0 Å². The van der Waals surface area contributed by atoms with Gasteiger partial charge in [0, 0.05) is 18.3 Å². The first kappa shape index (κ1) is 74.0. The second kappa shape index (κ2) is 40.2. The minimum absolute atomic E-state index is 0.00394. The fourth-order valence-corrected chi connectivity index (χ4v) is 10.2. The summed E-state index contributed by atoms with van der Waals surface area (Å²) in [5.74, 6) is -0.448. The van der Waals surface area contributed by atoms with Crippen LogP contribution in [0.25, 0.3) is 24.2 Å². The maximum absolute atomic E-state index is 13.0. The first-order chi connectivity index (χ1) is 43.2. The number of hydrogen-bond acceptors (Lipinski definition) is 14. The number of hydrogen-bond donors (Lipinski definition) is 6. The molecule has 1 atom stereocenters. The molecular formula is C65H79N13O11S. The van der Waals surface area contributed by atoms with E-state index >= 15 is 0 Å². The van der Waals surface area contributed by atoms with Crippen molar-refractivity contribution < 1.29 is 46.7 Å². The zero-order valence-electron chi connectivity index (χ0n) is 52.0. The molecule has 4 amide bonds. The van der Waals surface area contributed by atoms with Crippen LogP contribution in [-0.4, -0.2) is 74.4 Å². The third-order valence-corrected chi connectivity index (χ3v) is 15.3. The molecule has 90 heavy (non-hydrogen) atoms. The molecule has 1 heterocycles. The Labute approximate surface area is 528 Å². The predicted molar refractivity (Wildman–Crippen MR) is 347 cm³/mol. The third kappa shape index (κ3) is 26.4. The number of nitro groups is 1. The molecule has 24 nitrogen and oxygen atoms in total. The van der Waals surface area contributed by atoms with E-state index in [9.17, 15) is 37.7 Å². The van der Waals surface area contributed by atoms with Crippen LogP contribution < -0.4 is 37.1 Å². The number of benzene rings is 4. The van der Waals surface area contributed by atoms with Crippen LogP contribution in [0.4, 0.5) is 60.9 Å². The van der Waals surface area contributed by atoms with E-state index in [1.54, 1.807) is 19.1 Å². The normalized spacial score (nSPS) is 10.6. The molecule has 0 aliphatic heterocycles. The molecule has 0 radical (unpaired) electrons. The second-order valence-electron chi connectivity index (χ2n) is 20.8. The molecule has 0 aliphatic carbocycles. The van der Waals surface area contributed by atoms with Gasteiger partial charge in [-0.25, -0.2) is 32.6 Å². The Morgan fingerprint density at radius 1 is 0.622 bits per heavy atom. The number of esters is 2. The van der Waals surface area contributed by atoms with E-state index in [0.29, 0.717) is 26.0 Å². The van der Waals surface area contributed by atoms with Crippen LogP contribution in [0.1, 0.15) is 155 Å². The Morgan fingerprint density at radius 2 is 1.18 bits per heavy atom. The lowest BCUT2D eigenvalue weighted by Gasteiger charge is -2.17. The Balaban J connectivity index is 0.000000395. The molecule has 5 rings (SSSR count). The molecule has 5 aromatic rings. The molecule has 0 fully saturated rings. The molecule has 0 spiro atoms. The molecule has 6 N–H and O–H groups in total. The van der Waals surface area contributed by atoms with Crippen LogP contribution in [0.2, 0.25) is 0 Å². The van der Waals surface area contributed by atoms with Crippen molar-refractivity contribution in [3.63, 3.8) is 0 Å². The Bertz CT molecular complexity index is 3480. The summed E-state index contributed by atoms with van der Waals surface area (Å²) in [6.07, 6.45) is 14.8. The summed E-state index contributed by atoms with van der Waals surface area (Å²) in [5.41, 5.74) is 13.8. The summed E-state index contributed by atoms with van der Waals surface area (Å²) in [6, 6.07) is 17.1. The number of sulfone groups is 1. The number of aryl methyl sites for hydroxylation is 3. The summed E-state index contributed by atoms with van der Waals surface area (Å²) in [7, 11) is -3.76. The number of amides is 4. The fourth-order valence-electron chi connectivity index (χ4n) is 8.33. The molecule has 0 saturated carbocycles. The fraction of sp³-hybridized carbons (Fsp3) is 0.415. The van der Waals surface area contributed by atoms with Gasteiger partial charge in [0.25, 0.3) is 5.69 Å². The van der Waals surface area contributed by atoms with Crippen LogP contribution in [0, 0.1) is 69.7 Å². The van der Waals surface area contributed by atoms with E-state index in [-0.39, 0.29) is 92.2 Å². The average Bonchev–Trinajstić information content (AvgIpc) is 1.10. The van der Waals surface area contributed by atoms with Crippen LogP contribution >= 0.6 is 0 Å². The van der Waals surface area contributed by atoms with Crippen molar-refractivity contribution in [1.29, 1.82) is 0 Å². The largest absolute Gasteiger partial charge is 0.493 e. The third-order valence-electron chi connectivity index (χ3n) is 13.3. The van der Waals surface area contributed by atoms with Crippen molar-refractivity contribution in [2.24, 2.45) is 5.92 Å². The van der Waals surface area contributed by atoms with Crippen molar-refractivity contribution in [2.45, 2.75) is 143 Å². The van der Waals surface area contributed by atoms with Crippen LogP contribution in [0.3, 0.4) is 0 Å². The second-order valence-corrected chi connectivity index (χ2v) is 22.8. The SMILES string of the molecule is CCCCCCCCOC(=O)c1cc(NC(=O)NNc2ccc([N+](=O)[O-])cn2)cc(C(=O)OCCCCCCCC)c1.[C-]#[N+]c1cc(C)cc([N+]#[C-])c1[N+]#[C-].[C-]#[N+]c1cc(NNC(=O)NCCCOc2ccc(C)cc2C)c(S(=O)(=O)CC(C)CC)cc1[N+]#[C-]. The van der Waals surface area contributed by atoms with Gasteiger partial charge in [-0.3, -0.25) is 56.0 Å². The number of nitrogens with one attached hydrogen (secondary N) is 6. The Morgan fingerprint density at radius 3 is 1.69 bits per heavy atom. The quantitative estimate of drug-likeness (QED) is 0.00791. The number of carbonyl (C=O) groups excluding carboxylic acids is 4. The minimum atomic E-state index is -3.76. The molecule has 0 bridgehead atoms. The van der Waals surface area contributed by atoms with E-state index in [1.807, 2.05) is 45.9 Å². The maximum Gasteiger partial charge on any atom is 0.338 e. The molecule has 0 saturated heterocycles. The molecular weight excluding hydrogens is 1170 g/mol. The van der Waals surface area contributed by atoms with E-state index in [0.717, 1.165) is 92.8 Å². The summed E-state index contributed by atoms with van der Waals surface area (Å²) in [5, 5.41) is 16.0. The molecule has 0 aliphatic rings. The topological polar surface area (TPSA) is 280 Å². The predicted octanol–water partition coefficient (Wildman–Crippen LogP) is 16.1. The number of carbonyl (C=O) groups is 4. The summed E-state index contributed by atoms with van der Waals surface area (Å²) >= 11 is 0.